The number of halogens is 1. The van der Waals surface area contributed by atoms with Gasteiger partial charge in [-0.3, -0.25) is 0 Å². The van der Waals surface area contributed by atoms with Crippen molar-refractivity contribution in [2.75, 3.05) is 6.54 Å². The van der Waals surface area contributed by atoms with Gasteiger partial charge in [0, 0.05) is 34.4 Å². The molecule has 0 bridgehead atoms. The Morgan fingerprint density at radius 1 is 1.14 bits per heavy atom. The second kappa shape index (κ2) is 6.76. The Balaban J connectivity index is 1.87. The minimum absolute atomic E-state index is 0.406. The van der Waals surface area contributed by atoms with Gasteiger partial charge < -0.3 is 5.32 Å². The van der Waals surface area contributed by atoms with E-state index in [1.807, 2.05) is 24.3 Å². The molecule has 0 radical (unpaired) electrons. The predicted octanol–water partition coefficient (Wildman–Crippen LogP) is 4.15. The van der Waals surface area contributed by atoms with E-state index >= 15 is 0 Å². The first-order valence-electron chi connectivity index (χ1n) is 7.96. The van der Waals surface area contributed by atoms with Crippen LogP contribution in [0.5, 0.6) is 0 Å². The Bertz CT molecular complexity index is 640. The molecule has 116 valence electrons. The third-order valence-electron chi connectivity index (χ3n) is 4.34. The Morgan fingerprint density at radius 3 is 2.50 bits per heavy atom. The number of nitrogens with one attached hydrogen (secondary N) is 1. The van der Waals surface area contributed by atoms with E-state index in [0.717, 1.165) is 34.3 Å². The number of piperidine rings is 1. The monoisotopic (exact) mass is 315 g/mol. The summed E-state index contributed by atoms with van der Waals surface area (Å²) in [6.45, 7) is 5.28. The van der Waals surface area contributed by atoms with Crippen LogP contribution in [0.4, 0.5) is 0 Å². The van der Waals surface area contributed by atoms with Gasteiger partial charge in [0.2, 0.25) is 0 Å². The topological polar surface area (TPSA) is 37.8 Å². The summed E-state index contributed by atoms with van der Waals surface area (Å²) in [5, 5.41) is 4.37. The van der Waals surface area contributed by atoms with Crippen molar-refractivity contribution in [3.8, 4) is 0 Å². The molecule has 3 nitrogen and oxygen atoms in total. The zero-order chi connectivity index (χ0) is 15.5. The van der Waals surface area contributed by atoms with Crippen LogP contribution in [0.2, 0.25) is 5.02 Å². The first kappa shape index (κ1) is 15.4. The lowest BCUT2D eigenvalue weighted by Gasteiger charge is -2.26. The van der Waals surface area contributed by atoms with E-state index in [4.69, 9.17) is 21.6 Å². The summed E-state index contributed by atoms with van der Waals surface area (Å²) in [5.41, 5.74) is 4.54. The maximum absolute atomic E-state index is 6.24. The van der Waals surface area contributed by atoms with Crippen molar-refractivity contribution in [1.29, 1.82) is 0 Å². The summed E-state index contributed by atoms with van der Waals surface area (Å²) in [4.78, 5) is 9.47. The lowest BCUT2D eigenvalue weighted by molar-refractivity contribution is 0.407. The zero-order valence-corrected chi connectivity index (χ0v) is 14.0. The van der Waals surface area contributed by atoms with Crippen molar-refractivity contribution in [2.45, 2.75) is 45.6 Å². The minimum Gasteiger partial charge on any atom is -0.310 e. The Labute approximate surface area is 137 Å². The summed E-state index contributed by atoms with van der Waals surface area (Å²) >= 11 is 6.24. The second-order valence-electron chi connectivity index (χ2n) is 6.00. The van der Waals surface area contributed by atoms with Crippen LogP contribution in [0.25, 0.3) is 0 Å². The smallest absolute Gasteiger partial charge is 0.133 e. The fourth-order valence-electron chi connectivity index (χ4n) is 3.29. The molecule has 1 aromatic heterocycles. The highest BCUT2D eigenvalue weighted by molar-refractivity contribution is 6.31. The molecule has 0 saturated carbocycles. The molecule has 1 aromatic carbocycles. The molecule has 0 amide bonds. The van der Waals surface area contributed by atoms with Crippen LogP contribution < -0.4 is 5.32 Å². The molecule has 1 fully saturated rings. The molecular weight excluding hydrogens is 294 g/mol. The summed E-state index contributed by atoms with van der Waals surface area (Å²) < 4.78 is 0. The van der Waals surface area contributed by atoms with E-state index in [2.05, 4.69) is 19.2 Å². The molecule has 1 aliphatic heterocycles. The van der Waals surface area contributed by atoms with E-state index in [1.54, 1.807) is 0 Å². The van der Waals surface area contributed by atoms with E-state index < -0.39 is 0 Å². The maximum atomic E-state index is 6.24. The summed E-state index contributed by atoms with van der Waals surface area (Å²) in [7, 11) is 0. The Hall–Kier alpha value is -1.45. The first-order chi connectivity index (χ1) is 10.6. The number of aryl methyl sites for hydroxylation is 2. The van der Waals surface area contributed by atoms with Crippen LogP contribution >= 0.6 is 11.6 Å². The summed E-state index contributed by atoms with van der Waals surface area (Å²) in [5.74, 6) is 0.850. The van der Waals surface area contributed by atoms with E-state index in [1.165, 1.54) is 24.8 Å². The van der Waals surface area contributed by atoms with Crippen molar-refractivity contribution in [1.82, 2.24) is 15.3 Å². The number of hydrogen-bond donors (Lipinski definition) is 1. The van der Waals surface area contributed by atoms with Crippen LogP contribution in [-0.2, 0) is 6.42 Å². The summed E-state index contributed by atoms with van der Waals surface area (Å²) in [6, 6.07) is 8.30. The van der Waals surface area contributed by atoms with E-state index in [-0.39, 0.29) is 0 Å². The largest absolute Gasteiger partial charge is 0.310 e. The molecule has 4 heteroatoms. The predicted molar refractivity (Wildman–Crippen MR) is 90.4 cm³/mol. The first-order valence-corrected chi connectivity index (χ1v) is 8.33. The Kier molecular flexibility index (Phi) is 4.74. The van der Waals surface area contributed by atoms with Gasteiger partial charge in [-0.2, -0.15) is 0 Å². The Morgan fingerprint density at radius 2 is 1.86 bits per heavy atom. The van der Waals surface area contributed by atoms with Gasteiger partial charge in [0.05, 0.1) is 0 Å². The van der Waals surface area contributed by atoms with Crippen LogP contribution in [0.1, 0.15) is 53.6 Å². The second-order valence-corrected chi connectivity index (χ2v) is 6.40. The highest BCUT2D eigenvalue weighted by atomic mass is 35.5. The number of benzene rings is 1. The highest BCUT2D eigenvalue weighted by Gasteiger charge is 2.20. The average molecular weight is 316 g/mol. The lowest BCUT2D eigenvalue weighted by Crippen LogP contribution is -2.28. The van der Waals surface area contributed by atoms with Crippen LogP contribution in [0.15, 0.2) is 24.3 Å². The normalized spacial score (nSPS) is 18.4. The summed E-state index contributed by atoms with van der Waals surface area (Å²) in [6.07, 6.45) is 4.40. The van der Waals surface area contributed by atoms with Gasteiger partial charge in [-0.1, -0.05) is 36.2 Å². The molecule has 0 aliphatic carbocycles. The maximum Gasteiger partial charge on any atom is 0.133 e. The molecule has 2 heterocycles. The SMILES string of the molecule is Cc1nc(Cc2ccccc2Cl)nc(C)c1C1CCCCN1. The van der Waals surface area contributed by atoms with Crippen molar-refractivity contribution in [3.05, 3.63) is 57.6 Å². The third kappa shape index (κ3) is 3.31. The number of nitrogens with zero attached hydrogens (tertiary/aromatic N) is 2. The quantitative estimate of drug-likeness (QED) is 0.924. The van der Waals surface area contributed by atoms with Crippen LogP contribution in [0, 0.1) is 13.8 Å². The van der Waals surface area contributed by atoms with Gasteiger partial charge in [0.1, 0.15) is 5.82 Å². The van der Waals surface area contributed by atoms with Gasteiger partial charge >= 0.3 is 0 Å². The van der Waals surface area contributed by atoms with Gasteiger partial charge in [0.15, 0.2) is 0 Å². The molecule has 1 atom stereocenters. The molecule has 22 heavy (non-hydrogen) atoms. The van der Waals surface area contributed by atoms with Gasteiger partial charge in [-0.15, -0.1) is 0 Å². The third-order valence-corrected chi connectivity index (χ3v) is 4.71. The number of hydrogen-bond acceptors (Lipinski definition) is 3. The van der Waals surface area contributed by atoms with Gasteiger partial charge in [-0.25, -0.2) is 9.97 Å². The van der Waals surface area contributed by atoms with Crippen molar-refractivity contribution >= 4 is 11.6 Å². The zero-order valence-electron chi connectivity index (χ0n) is 13.2. The molecular formula is C18H22ClN3. The molecule has 3 rings (SSSR count). The van der Waals surface area contributed by atoms with Crippen molar-refractivity contribution < 1.29 is 0 Å². The van der Waals surface area contributed by atoms with Crippen molar-refractivity contribution in [2.24, 2.45) is 0 Å². The standard InChI is InChI=1S/C18H22ClN3/c1-12-18(16-9-5-6-10-20-16)13(2)22-17(21-12)11-14-7-3-4-8-15(14)19/h3-4,7-8,16,20H,5-6,9-11H2,1-2H3. The number of rotatable bonds is 3. The fourth-order valence-corrected chi connectivity index (χ4v) is 3.49. The lowest BCUT2D eigenvalue weighted by atomic mass is 9.95. The number of aromatic nitrogens is 2. The fraction of sp³-hybridized carbons (Fsp3) is 0.444. The molecule has 2 aromatic rings. The minimum atomic E-state index is 0.406. The average Bonchev–Trinajstić information content (AvgIpc) is 2.50. The highest BCUT2D eigenvalue weighted by Crippen LogP contribution is 2.27. The van der Waals surface area contributed by atoms with E-state index in [0.29, 0.717) is 12.5 Å². The van der Waals surface area contributed by atoms with Gasteiger partial charge in [-0.05, 0) is 44.9 Å². The van der Waals surface area contributed by atoms with Gasteiger partial charge in [0.25, 0.3) is 0 Å². The molecule has 1 unspecified atom stereocenters. The molecule has 1 N–H and O–H groups in total. The molecule has 0 spiro atoms. The van der Waals surface area contributed by atoms with Crippen molar-refractivity contribution in [3.63, 3.8) is 0 Å². The van der Waals surface area contributed by atoms with E-state index in [9.17, 15) is 0 Å². The van der Waals surface area contributed by atoms with Crippen LogP contribution in [0.3, 0.4) is 0 Å². The molecule has 1 aliphatic rings. The molecule has 1 saturated heterocycles. The van der Waals surface area contributed by atoms with Crippen LogP contribution in [-0.4, -0.2) is 16.5 Å².